The standard InChI is InChI=1S/C15H16N2O3/c1-2-6-16-14(11-5-7-19-9-11)10-3-4-12-13(8-10)20-15(18)17-12/h3-5,7-9,14,16H,2,6H2,1H3,(H,17,18). The Morgan fingerprint density at radius 3 is 2.95 bits per heavy atom. The first-order chi connectivity index (χ1) is 9.78. The van der Waals surface area contributed by atoms with Gasteiger partial charge in [0.15, 0.2) is 5.58 Å². The lowest BCUT2D eigenvalue weighted by molar-refractivity contribution is 0.545. The summed E-state index contributed by atoms with van der Waals surface area (Å²) >= 11 is 0. The van der Waals surface area contributed by atoms with Crippen LogP contribution in [-0.4, -0.2) is 11.5 Å². The van der Waals surface area contributed by atoms with E-state index in [1.54, 1.807) is 12.5 Å². The summed E-state index contributed by atoms with van der Waals surface area (Å²) in [6, 6.07) is 7.68. The summed E-state index contributed by atoms with van der Waals surface area (Å²) in [5.41, 5.74) is 3.37. The monoisotopic (exact) mass is 272 g/mol. The van der Waals surface area contributed by atoms with Gasteiger partial charge in [0.05, 0.1) is 24.1 Å². The molecule has 0 aliphatic heterocycles. The van der Waals surface area contributed by atoms with E-state index in [1.165, 1.54) is 0 Å². The molecule has 3 rings (SSSR count). The zero-order valence-corrected chi connectivity index (χ0v) is 11.2. The number of oxazole rings is 1. The lowest BCUT2D eigenvalue weighted by atomic mass is 10.0. The topological polar surface area (TPSA) is 71.2 Å². The fourth-order valence-electron chi connectivity index (χ4n) is 2.30. The fraction of sp³-hybridized carbons (Fsp3) is 0.267. The minimum atomic E-state index is -0.432. The van der Waals surface area contributed by atoms with Gasteiger partial charge in [-0.2, -0.15) is 0 Å². The van der Waals surface area contributed by atoms with Gasteiger partial charge in [-0.25, -0.2) is 4.79 Å². The molecule has 104 valence electrons. The molecule has 0 radical (unpaired) electrons. The van der Waals surface area contributed by atoms with Gasteiger partial charge in [-0.3, -0.25) is 4.98 Å². The number of nitrogens with one attached hydrogen (secondary N) is 2. The third kappa shape index (κ3) is 2.40. The number of hydrogen-bond donors (Lipinski definition) is 2. The molecule has 20 heavy (non-hydrogen) atoms. The van der Waals surface area contributed by atoms with Crippen LogP contribution < -0.4 is 11.1 Å². The van der Waals surface area contributed by atoms with Crippen molar-refractivity contribution >= 4 is 11.1 Å². The summed E-state index contributed by atoms with van der Waals surface area (Å²) < 4.78 is 10.3. The van der Waals surface area contributed by atoms with Crippen molar-refractivity contribution in [3.8, 4) is 0 Å². The average molecular weight is 272 g/mol. The van der Waals surface area contributed by atoms with E-state index in [1.807, 2.05) is 24.3 Å². The first-order valence-corrected chi connectivity index (χ1v) is 6.66. The van der Waals surface area contributed by atoms with Gasteiger partial charge in [0.25, 0.3) is 0 Å². The van der Waals surface area contributed by atoms with E-state index in [9.17, 15) is 4.79 Å². The normalized spacial score (nSPS) is 12.8. The Morgan fingerprint density at radius 1 is 1.30 bits per heavy atom. The SMILES string of the molecule is CCCNC(c1ccoc1)c1ccc2[nH]c(=O)oc2c1. The molecule has 5 nitrogen and oxygen atoms in total. The van der Waals surface area contributed by atoms with Gasteiger partial charge in [0.1, 0.15) is 0 Å². The third-order valence-electron chi connectivity index (χ3n) is 3.25. The Bertz CT molecular complexity index is 740. The number of aromatic nitrogens is 1. The van der Waals surface area contributed by atoms with Crippen LogP contribution in [0.15, 0.2) is 50.4 Å². The summed E-state index contributed by atoms with van der Waals surface area (Å²) in [6.07, 6.45) is 4.42. The van der Waals surface area contributed by atoms with Gasteiger partial charge < -0.3 is 14.2 Å². The Kier molecular flexibility index (Phi) is 3.43. The maximum absolute atomic E-state index is 11.2. The van der Waals surface area contributed by atoms with Crippen molar-refractivity contribution in [2.75, 3.05) is 6.54 Å². The molecular formula is C15H16N2O3. The number of benzene rings is 1. The maximum Gasteiger partial charge on any atom is 0.417 e. The molecule has 0 spiro atoms. The molecule has 0 amide bonds. The van der Waals surface area contributed by atoms with Crippen molar-refractivity contribution in [3.05, 3.63) is 58.5 Å². The number of fused-ring (bicyclic) bond motifs is 1. The zero-order chi connectivity index (χ0) is 13.9. The average Bonchev–Trinajstić information content (AvgIpc) is 3.07. The first-order valence-electron chi connectivity index (χ1n) is 6.66. The van der Waals surface area contributed by atoms with E-state index in [4.69, 9.17) is 8.83 Å². The van der Waals surface area contributed by atoms with Crippen molar-refractivity contribution < 1.29 is 8.83 Å². The van der Waals surface area contributed by atoms with Crippen LogP contribution in [0.1, 0.15) is 30.5 Å². The molecule has 0 saturated heterocycles. The Morgan fingerprint density at radius 2 is 2.20 bits per heavy atom. The van der Waals surface area contributed by atoms with Gasteiger partial charge in [-0.05, 0) is 36.7 Å². The van der Waals surface area contributed by atoms with Crippen molar-refractivity contribution in [2.45, 2.75) is 19.4 Å². The van der Waals surface area contributed by atoms with Crippen LogP contribution >= 0.6 is 0 Å². The molecule has 1 atom stereocenters. The molecule has 0 aliphatic rings. The Balaban J connectivity index is 2.01. The molecule has 0 fully saturated rings. The highest BCUT2D eigenvalue weighted by molar-refractivity contribution is 5.73. The number of aromatic amines is 1. The van der Waals surface area contributed by atoms with Gasteiger partial charge in [0.2, 0.25) is 0 Å². The molecule has 2 aromatic heterocycles. The second kappa shape index (κ2) is 5.38. The van der Waals surface area contributed by atoms with E-state index >= 15 is 0 Å². The highest BCUT2D eigenvalue weighted by Gasteiger charge is 2.15. The fourth-order valence-corrected chi connectivity index (χ4v) is 2.30. The molecule has 2 N–H and O–H groups in total. The molecule has 5 heteroatoms. The van der Waals surface area contributed by atoms with Crippen molar-refractivity contribution in [3.63, 3.8) is 0 Å². The van der Waals surface area contributed by atoms with E-state index in [-0.39, 0.29) is 6.04 Å². The molecule has 0 aliphatic carbocycles. The smallest absolute Gasteiger partial charge is 0.417 e. The highest BCUT2D eigenvalue weighted by atomic mass is 16.4. The predicted molar refractivity (Wildman–Crippen MR) is 75.7 cm³/mol. The van der Waals surface area contributed by atoms with Gasteiger partial charge in [-0.1, -0.05) is 13.0 Å². The van der Waals surface area contributed by atoms with Crippen LogP contribution in [0.4, 0.5) is 0 Å². The number of rotatable bonds is 5. The third-order valence-corrected chi connectivity index (χ3v) is 3.25. The van der Waals surface area contributed by atoms with Crippen LogP contribution in [0, 0.1) is 0 Å². The summed E-state index contributed by atoms with van der Waals surface area (Å²) in [5.74, 6) is -0.432. The predicted octanol–water partition coefficient (Wildman–Crippen LogP) is 2.80. The number of furan rings is 1. The van der Waals surface area contributed by atoms with Gasteiger partial charge >= 0.3 is 5.76 Å². The Hall–Kier alpha value is -2.27. The lowest BCUT2D eigenvalue weighted by Gasteiger charge is -2.17. The van der Waals surface area contributed by atoms with Crippen LogP contribution in [0.2, 0.25) is 0 Å². The lowest BCUT2D eigenvalue weighted by Crippen LogP contribution is -2.22. The van der Waals surface area contributed by atoms with E-state index < -0.39 is 5.76 Å². The zero-order valence-electron chi connectivity index (χ0n) is 11.2. The summed E-state index contributed by atoms with van der Waals surface area (Å²) in [7, 11) is 0. The van der Waals surface area contributed by atoms with Crippen molar-refractivity contribution in [2.24, 2.45) is 0 Å². The van der Waals surface area contributed by atoms with Crippen LogP contribution in [0.5, 0.6) is 0 Å². The van der Waals surface area contributed by atoms with Crippen LogP contribution in [-0.2, 0) is 0 Å². The molecule has 3 aromatic rings. The van der Waals surface area contributed by atoms with Crippen molar-refractivity contribution in [1.29, 1.82) is 0 Å². The van der Waals surface area contributed by atoms with Gasteiger partial charge in [0, 0.05) is 5.56 Å². The molecular weight excluding hydrogens is 256 g/mol. The number of hydrogen-bond acceptors (Lipinski definition) is 4. The van der Waals surface area contributed by atoms with Crippen molar-refractivity contribution in [1.82, 2.24) is 10.3 Å². The first kappa shape index (κ1) is 12.7. The number of H-pyrrole nitrogens is 1. The van der Waals surface area contributed by atoms with Crippen LogP contribution in [0.25, 0.3) is 11.1 Å². The Labute approximate surface area is 115 Å². The molecule has 1 unspecified atom stereocenters. The summed E-state index contributed by atoms with van der Waals surface area (Å²) in [4.78, 5) is 13.9. The van der Waals surface area contributed by atoms with Crippen LogP contribution in [0.3, 0.4) is 0 Å². The van der Waals surface area contributed by atoms with E-state index in [2.05, 4.69) is 17.2 Å². The largest absolute Gasteiger partial charge is 0.472 e. The maximum atomic E-state index is 11.2. The summed E-state index contributed by atoms with van der Waals surface area (Å²) in [5, 5.41) is 3.47. The van der Waals surface area contributed by atoms with E-state index in [0.29, 0.717) is 11.1 Å². The van der Waals surface area contributed by atoms with E-state index in [0.717, 1.165) is 24.1 Å². The molecule has 0 saturated carbocycles. The molecule has 2 heterocycles. The molecule has 1 aromatic carbocycles. The minimum absolute atomic E-state index is 0.0262. The second-order valence-corrected chi connectivity index (χ2v) is 4.71. The summed E-state index contributed by atoms with van der Waals surface area (Å²) in [6.45, 7) is 3.01. The second-order valence-electron chi connectivity index (χ2n) is 4.71. The minimum Gasteiger partial charge on any atom is -0.472 e. The quantitative estimate of drug-likeness (QED) is 0.749. The molecule has 0 bridgehead atoms. The highest BCUT2D eigenvalue weighted by Crippen LogP contribution is 2.25. The van der Waals surface area contributed by atoms with Gasteiger partial charge in [-0.15, -0.1) is 0 Å².